The summed E-state index contributed by atoms with van der Waals surface area (Å²) in [7, 11) is 0. The lowest BCUT2D eigenvalue weighted by molar-refractivity contribution is -0.0506. The van der Waals surface area contributed by atoms with Crippen LogP contribution in [0.2, 0.25) is 0 Å². The molecule has 0 aromatic heterocycles. The summed E-state index contributed by atoms with van der Waals surface area (Å²) in [5, 5.41) is 6.79. The monoisotopic (exact) mass is 284 g/mol. The third kappa shape index (κ3) is 4.42. The molecule has 0 aliphatic carbocycles. The number of benzene rings is 1. The molecule has 1 aromatic carbocycles. The molecule has 1 aromatic rings. The van der Waals surface area contributed by atoms with Gasteiger partial charge in [0.25, 0.3) is 0 Å². The van der Waals surface area contributed by atoms with Crippen molar-refractivity contribution >= 4 is 0 Å². The average molecular weight is 284 g/mol. The number of alkyl halides is 2. The van der Waals surface area contributed by atoms with Gasteiger partial charge < -0.3 is 15.4 Å². The molecule has 2 atom stereocenters. The molecule has 112 valence electrons. The van der Waals surface area contributed by atoms with Gasteiger partial charge in [-0.2, -0.15) is 8.78 Å². The molecule has 0 saturated carbocycles. The molecule has 2 rings (SSSR count). The summed E-state index contributed by atoms with van der Waals surface area (Å²) in [5.74, 6) is 0.860. The Labute approximate surface area is 118 Å². The van der Waals surface area contributed by atoms with Gasteiger partial charge in [0.1, 0.15) is 5.75 Å². The van der Waals surface area contributed by atoms with Crippen LogP contribution in [0.5, 0.6) is 5.75 Å². The van der Waals surface area contributed by atoms with Gasteiger partial charge in [0.15, 0.2) is 0 Å². The van der Waals surface area contributed by atoms with Gasteiger partial charge in [-0.25, -0.2) is 0 Å². The summed E-state index contributed by atoms with van der Waals surface area (Å²) in [5.41, 5.74) is 0.775. The van der Waals surface area contributed by atoms with Gasteiger partial charge in [0.05, 0.1) is 0 Å². The summed E-state index contributed by atoms with van der Waals surface area (Å²) in [6.45, 7) is 2.19. The third-order valence-corrected chi connectivity index (χ3v) is 3.71. The number of piperidine rings is 1. The fourth-order valence-electron chi connectivity index (χ4n) is 2.59. The Morgan fingerprint density at radius 2 is 2.20 bits per heavy atom. The van der Waals surface area contributed by atoms with Crippen molar-refractivity contribution in [2.24, 2.45) is 5.92 Å². The predicted molar refractivity (Wildman–Crippen MR) is 75.1 cm³/mol. The summed E-state index contributed by atoms with van der Waals surface area (Å²) >= 11 is 0. The van der Waals surface area contributed by atoms with Crippen molar-refractivity contribution in [3.05, 3.63) is 29.8 Å². The summed E-state index contributed by atoms with van der Waals surface area (Å²) in [4.78, 5) is 0. The summed E-state index contributed by atoms with van der Waals surface area (Å²) in [6, 6.07) is 6.95. The molecular weight excluding hydrogens is 262 g/mol. The number of halogens is 2. The molecule has 0 bridgehead atoms. The number of rotatable bonds is 6. The molecule has 2 N–H and O–H groups in total. The first kappa shape index (κ1) is 15.2. The van der Waals surface area contributed by atoms with E-state index in [9.17, 15) is 8.78 Å². The maximum absolute atomic E-state index is 12.4. The van der Waals surface area contributed by atoms with Crippen molar-refractivity contribution in [3.8, 4) is 5.75 Å². The number of hydrogen-bond donors (Lipinski definition) is 2. The largest absolute Gasteiger partial charge is 0.434 e. The van der Waals surface area contributed by atoms with Crippen molar-refractivity contribution < 1.29 is 13.5 Å². The molecule has 20 heavy (non-hydrogen) atoms. The van der Waals surface area contributed by atoms with E-state index in [1.807, 2.05) is 19.1 Å². The maximum atomic E-state index is 12.4. The van der Waals surface area contributed by atoms with Crippen LogP contribution in [0.25, 0.3) is 0 Å². The zero-order chi connectivity index (χ0) is 14.4. The van der Waals surface area contributed by atoms with Gasteiger partial charge in [0, 0.05) is 11.6 Å². The Morgan fingerprint density at radius 3 is 2.90 bits per heavy atom. The van der Waals surface area contributed by atoms with E-state index in [0.29, 0.717) is 5.92 Å². The number of ether oxygens (including phenoxy) is 1. The number of para-hydroxylation sites is 1. The smallest absolute Gasteiger partial charge is 0.387 e. The topological polar surface area (TPSA) is 33.3 Å². The van der Waals surface area contributed by atoms with Crippen molar-refractivity contribution in [1.82, 2.24) is 10.6 Å². The highest BCUT2D eigenvalue weighted by Crippen LogP contribution is 2.26. The first-order chi connectivity index (χ1) is 9.66. The minimum absolute atomic E-state index is 0.00752. The van der Waals surface area contributed by atoms with E-state index in [2.05, 4.69) is 15.4 Å². The Kier molecular flexibility index (Phi) is 5.73. The lowest BCUT2D eigenvalue weighted by atomic mass is 9.98. The van der Waals surface area contributed by atoms with Gasteiger partial charge in [-0.3, -0.25) is 0 Å². The van der Waals surface area contributed by atoms with E-state index < -0.39 is 6.61 Å². The zero-order valence-electron chi connectivity index (χ0n) is 11.7. The highest BCUT2D eigenvalue weighted by molar-refractivity contribution is 5.35. The van der Waals surface area contributed by atoms with Crippen molar-refractivity contribution in [2.45, 2.75) is 32.4 Å². The average Bonchev–Trinajstić information content (AvgIpc) is 2.46. The van der Waals surface area contributed by atoms with Gasteiger partial charge in [-0.15, -0.1) is 0 Å². The van der Waals surface area contributed by atoms with Crippen LogP contribution in [-0.4, -0.2) is 26.2 Å². The standard InChI is InChI=1S/C15H22F2N2O/c1-11(19-10-12-5-4-8-18-9-12)13-6-2-3-7-14(13)20-15(16)17/h2-3,6-7,11-12,15,18-19H,4-5,8-10H2,1H3. The molecule has 1 saturated heterocycles. The second kappa shape index (κ2) is 7.55. The van der Waals surface area contributed by atoms with E-state index in [0.717, 1.165) is 25.2 Å². The molecule has 1 fully saturated rings. The van der Waals surface area contributed by atoms with Crippen LogP contribution in [0.15, 0.2) is 24.3 Å². The molecular formula is C15H22F2N2O. The van der Waals surface area contributed by atoms with Crippen LogP contribution in [-0.2, 0) is 0 Å². The Balaban J connectivity index is 1.92. The maximum Gasteiger partial charge on any atom is 0.387 e. The highest BCUT2D eigenvalue weighted by atomic mass is 19.3. The van der Waals surface area contributed by atoms with Gasteiger partial charge in [0.2, 0.25) is 0 Å². The van der Waals surface area contributed by atoms with Crippen molar-refractivity contribution in [1.29, 1.82) is 0 Å². The minimum Gasteiger partial charge on any atom is -0.434 e. The van der Waals surface area contributed by atoms with Gasteiger partial charge in [-0.1, -0.05) is 18.2 Å². The zero-order valence-corrected chi connectivity index (χ0v) is 11.7. The van der Waals surface area contributed by atoms with Gasteiger partial charge in [-0.05, 0) is 51.4 Å². The lowest BCUT2D eigenvalue weighted by Gasteiger charge is -2.25. The summed E-state index contributed by atoms with van der Waals surface area (Å²) in [6.07, 6.45) is 2.41. The molecule has 0 spiro atoms. The molecule has 0 radical (unpaired) electrons. The van der Waals surface area contributed by atoms with Crippen LogP contribution >= 0.6 is 0 Å². The SMILES string of the molecule is CC(NCC1CCCNC1)c1ccccc1OC(F)F. The predicted octanol–water partition coefficient (Wildman–Crippen LogP) is 2.94. The van der Waals surface area contributed by atoms with Crippen molar-refractivity contribution in [3.63, 3.8) is 0 Å². The van der Waals surface area contributed by atoms with Crippen LogP contribution in [0.4, 0.5) is 8.78 Å². The van der Waals surface area contributed by atoms with Crippen LogP contribution in [0.3, 0.4) is 0 Å². The van der Waals surface area contributed by atoms with Crippen LogP contribution < -0.4 is 15.4 Å². The lowest BCUT2D eigenvalue weighted by Crippen LogP contribution is -2.36. The van der Waals surface area contributed by atoms with Gasteiger partial charge >= 0.3 is 6.61 Å². The first-order valence-corrected chi connectivity index (χ1v) is 7.14. The molecule has 3 nitrogen and oxygen atoms in total. The first-order valence-electron chi connectivity index (χ1n) is 7.14. The quantitative estimate of drug-likeness (QED) is 0.842. The minimum atomic E-state index is -2.79. The second-order valence-electron chi connectivity index (χ2n) is 5.26. The summed E-state index contributed by atoms with van der Waals surface area (Å²) < 4.78 is 29.4. The van der Waals surface area contributed by atoms with Crippen molar-refractivity contribution in [2.75, 3.05) is 19.6 Å². The van der Waals surface area contributed by atoms with E-state index in [4.69, 9.17) is 0 Å². The Morgan fingerprint density at radius 1 is 1.40 bits per heavy atom. The molecule has 1 heterocycles. The third-order valence-electron chi connectivity index (χ3n) is 3.71. The van der Waals surface area contributed by atoms with Crippen LogP contribution in [0, 0.1) is 5.92 Å². The fourth-order valence-corrected chi connectivity index (χ4v) is 2.59. The van der Waals surface area contributed by atoms with E-state index in [1.54, 1.807) is 12.1 Å². The highest BCUT2D eigenvalue weighted by Gasteiger charge is 2.17. The Bertz CT molecular complexity index is 409. The molecule has 1 aliphatic rings. The Hall–Kier alpha value is -1.20. The molecule has 1 aliphatic heterocycles. The normalized spacial score (nSPS) is 20.9. The second-order valence-corrected chi connectivity index (χ2v) is 5.26. The number of nitrogens with one attached hydrogen (secondary N) is 2. The number of hydrogen-bond acceptors (Lipinski definition) is 3. The molecule has 5 heteroatoms. The van der Waals surface area contributed by atoms with Crippen LogP contribution in [0.1, 0.15) is 31.4 Å². The van der Waals surface area contributed by atoms with E-state index in [-0.39, 0.29) is 11.8 Å². The molecule has 2 unspecified atom stereocenters. The van der Waals surface area contributed by atoms with E-state index >= 15 is 0 Å². The molecule has 0 amide bonds. The van der Waals surface area contributed by atoms with E-state index in [1.165, 1.54) is 12.8 Å². The fraction of sp³-hybridized carbons (Fsp3) is 0.600.